The zero-order chi connectivity index (χ0) is 20.7. The van der Waals surface area contributed by atoms with Crippen LogP contribution >= 0.6 is 0 Å². The molecule has 1 aromatic heterocycles. The lowest BCUT2D eigenvalue weighted by Gasteiger charge is -2.55. The minimum Gasteiger partial charge on any atom is -0.333 e. The lowest BCUT2D eigenvalue weighted by Crippen LogP contribution is -2.65. The van der Waals surface area contributed by atoms with Gasteiger partial charge in [0.1, 0.15) is 5.82 Å². The largest absolute Gasteiger partial charge is 0.333 e. The van der Waals surface area contributed by atoms with Crippen LogP contribution in [0.5, 0.6) is 0 Å². The molecule has 0 bridgehead atoms. The molecule has 30 heavy (non-hydrogen) atoms. The predicted molar refractivity (Wildman–Crippen MR) is 112 cm³/mol. The van der Waals surface area contributed by atoms with Gasteiger partial charge in [0.05, 0.1) is 16.6 Å². The van der Waals surface area contributed by atoms with Gasteiger partial charge < -0.3 is 10.2 Å². The summed E-state index contributed by atoms with van der Waals surface area (Å²) in [6.45, 7) is 2.45. The number of aromatic amines is 1. The zero-order valence-electron chi connectivity index (χ0n) is 16.6. The van der Waals surface area contributed by atoms with E-state index in [-0.39, 0.29) is 22.6 Å². The molecule has 7 heteroatoms. The fraction of sp³-hybridized carbons (Fsp3) is 0.348. The Labute approximate surface area is 173 Å². The molecule has 154 valence electrons. The molecule has 0 aliphatic carbocycles. The number of amides is 1. The Morgan fingerprint density at radius 3 is 2.60 bits per heavy atom. The molecule has 1 amide bonds. The Bertz CT molecular complexity index is 1180. The van der Waals surface area contributed by atoms with E-state index in [1.807, 2.05) is 17.0 Å². The first-order valence-electron chi connectivity index (χ1n) is 10.3. The van der Waals surface area contributed by atoms with Crippen LogP contribution in [-0.2, 0) is 6.42 Å². The topological polar surface area (TPSA) is 78.1 Å². The fourth-order valence-corrected chi connectivity index (χ4v) is 4.76. The highest BCUT2D eigenvalue weighted by Crippen LogP contribution is 2.39. The number of carbonyl (C=O) groups excluding carboxylic acids is 1. The summed E-state index contributed by atoms with van der Waals surface area (Å²) in [4.78, 5) is 27.0. The van der Waals surface area contributed by atoms with Crippen LogP contribution in [-0.4, -0.2) is 46.2 Å². The third kappa shape index (κ3) is 3.10. The van der Waals surface area contributed by atoms with E-state index in [0.717, 1.165) is 43.3 Å². The molecule has 2 aromatic carbocycles. The van der Waals surface area contributed by atoms with Gasteiger partial charge in [-0.05, 0) is 56.1 Å². The number of halogens is 1. The van der Waals surface area contributed by atoms with Crippen LogP contribution < -0.4 is 10.9 Å². The normalized spacial score (nSPS) is 17.8. The monoisotopic (exact) mass is 406 g/mol. The van der Waals surface area contributed by atoms with Crippen LogP contribution in [0.15, 0.2) is 47.3 Å². The standard InChI is InChI=1S/C23H23FN4O2/c24-19-6-5-15(14-20-16-3-1-2-4-17(16)21(29)27-26-20)13-18(19)22(30)28-12-9-23(28)7-10-25-11-8-23/h1-6,13,25H,7-12,14H2,(H,27,29). The van der Waals surface area contributed by atoms with Gasteiger partial charge in [0, 0.05) is 23.9 Å². The Hall–Kier alpha value is -3.06. The number of carbonyl (C=O) groups is 1. The third-order valence-electron chi connectivity index (χ3n) is 6.56. The smallest absolute Gasteiger partial charge is 0.272 e. The predicted octanol–water partition coefficient (Wildman–Crippen LogP) is 2.62. The molecule has 2 N–H and O–H groups in total. The van der Waals surface area contributed by atoms with Crippen LogP contribution in [0.2, 0.25) is 0 Å². The number of hydrogen-bond acceptors (Lipinski definition) is 4. The number of nitrogens with zero attached hydrogens (tertiary/aromatic N) is 2. The summed E-state index contributed by atoms with van der Waals surface area (Å²) in [5, 5.41) is 11.4. The molecule has 3 aromatic rings. The molecule has 0 saturated carbocycles. The maximum Gasteiger partial charge on any atom is 0.272 e. The zero-order valence-corrected chi connectivity index (χ0v) is 16.6. The van der Waals surface area contributed by atoms with E-state index in [1.165, 1.54) is 6.07 Å². The molecule has 3 heterocycles. The van der Waals surface area contributed by atoms with E-state index in [9.17, 15) is 14.0 Å². The first-order valence-corrected chi connectivity index (χ1v) is 10.3. The van der Waals surface area contributed by atoms with Crippen molar-refractivity contribution in [2.45, 2.75) is 31.2 Å². The van der Waals surface area contributed by atoms with Gasteiger partial charge in [-0.15, -0.1) is 0 Å². The van der Waals surface area contributed by atoms with E-state index < -0.39 is 5.82 Å². The second-order valence-corrected chi connectivity index (χ2v) is 8.22. The number of aromatic nitrogens is 2. The van der Waals surface area contributed by atoms with E-state index in [0.29, 0.717) is 24.0 Å². The van der Waals surface area contributed by atoms with Gasteiger partial charge in [-0.1, -0.05) is 24.3 Å². The van der Waals surface area contributed by atoms with Crippen LogP contribution in [0.1, 0.15) is 40.9 Å². The Morgan fingerprint density at radius 2 is 1.87 bits per heavy atom. The number of benzene rings is 2. The van der Waals surface area contributed by atoms with Crippen molar-refractivity contribution >= 4 is 16.7 Å². The quantitative estimate of drug-likeness (QED) is 0.701. The molecule has 0 unspecified atom stereocenters. The van der Waals surface area contributed by atoms with Crippen molar-refractivity contribution in [2.75, 3.05) is 19.6 Å². The second-order valence-electron chi connectivity index (χ2n) is 8.22. The second kappa shape index (κ2) is 7.32. The van der Waals surface area contributed by atoms with Crippen LogP contribution in [0.4, 0.5) is 4.39 Å². The number of nitrogens with one attached hydrogen (secondary N) is 2. The molecular formula is C23H23FN4O2. The van der Waals surface area contributed by atoms with Crippen molar-refractivity contribution in [3.8, 4) is 0 Å². The average Bonchev–Trinajstić information content (AvgIpc) is 2.77. The van der Waals surface area contributed by atoms with Crippen molar-refractivity contribution < 1.29 is 9.18 Å². The highest BCUT2D eigenvalue weighted by Gasteiger charge is 2.48. The fourth-order valence-electron chi connectivity index (χ4n) is 4.76. The van der Waals surface area contributed by atoms with Crippen molar-refractivity contribution in [1.29, 1.82) is 0 Å². The lowest BCUT2D eigenvalue weighted by atomic mass is 9.76. The van der Waals surface area contributed by atoms with E-state index >= 15 is 0 Å². The van der Waals surface area contributed by atoms with E-state index in [1.54, 1.807) is 24.3 Å². The minimum absolute atomic E-state index is 0.110. The number of likely N-dealkylation sites (tertiary alicyclic amines) is 1. The molecule has 1 spiro atoms. The summed E-state index contributed by atoms with van der Waals surface area (Å²) >= 11 is 0. The van der Waals surface area contributed by atoms with Gasteiger partial charge >= 0.3 is 0 Å². The van der Waals surface area contributed by atoms with Crippen molar-refractivity contribution in [3.63, 3.8) is 0 Å². The summed E-state index contributed by atoms with van der Waals surface area (Å²) in [6, 6.07) is 11.9. The summed E-state index contributed by atoms with van der Waals surface area (Å²) in [7, 11) is 0. The summed E-state index contributed by atoms with van der Waals surface area (Å²) in [5.41, 5.74) is 1.22. The van der Waals surface area contributed by atoms with Gasteiger partial charge in [-0.25, -0.2) is 9.49 Å². The average molecular weight is 406 g/mol. The Kier molecular flexibility index (Phi) is 4.62. The van der Waals surface area contributed by atoms with Gasteiger partial charge in [0.15, 0.2) is 0 Å². The van der Waals surface area contributed by atoms with Crippen molar-refractivity contribution in [2.24, 2.45) is 0 Å². The van der Waals surface area contributed by atoms with Crippen molar-refractivity contribution in [3.05, 3.63) is 75.5 Å². The Balaban J connectivity index is 1.45. The molecule has 2 fully saturated rings. The van der Waals surface area contributed by atoms with E-state index in [4.69, 9.17) is 0 Å². The van der Waals surface area contributed by atoms with Gasteiger partial charge in [-0.2, -0.15) is 5.10 Å². The van der Waals surface area contributed by atoms with Crippen LogP contribution in [0.3, 0.4) is 0 Å². The molecule has 2 aliphatic heterocycles. The molecule has 0 radical (unpaired) electrons. The maximum atomic E-state index is 14.6. The van der Waals surface area contributed by atoms with Gasteiger partial charge in [0.2, 0.25) is 0 Å². The first-order chi connectivity index (χ1) is 14.6. The van der Waals surface area contributed by atoms with Gasteiger partial charge in [0.25, 0.3) is 11.5 Å². The van der Waals surface area contributed by atoms with Crippen molar-refractivity contribution in [1.82, 2.24) is 20.4 Å². The number of piperidine rings is 1. The molecular weight excluding hydrogens is 383 g/mol. The number of H-pyrrole nitrogens is 1. The summed E-state index contributed by atoms with van der Waals surface area (Å²) in [6.07, 6.45) is 3.20. The highest BCUT2D eigenvalue weighted by molar-refractivity contribution is 5.96. The number of hydrogen-bond donors (Lipinski definition) is 2. The maximum absolute atomic E-state index is 14.6. The summed E-state index contributed by atoms with van der Waals surface area (Å²) < 4.78 is 14.6. The first kappa shape index (κ1) is 18.9. The number of rotatable bonds is 3. The van der Waals surface area contributed by atoms with Gasteiger partial charge in [-0.3, -0.25) is 9.59 Å². The van der Waals surface area contributed by atoms with Crippen LogP contribution in [0.25, 0.3) is 10.8 Å². The molecule has 0 atom stereocenters. The third-order valence-corrected chi connectivity index (χ3v) is 6.56. The molecule has 6 nitrogen and oxygen atoms in total. The Morgan fingerprint density at radius 1 is 1.10 bits per heavy atom. The van der Waals surface area contributed by atoms with E-state index in [2.05, 4.69) is 15.5 Å². The summed E-state index contributed by atoms with van der Waals surface area (Å²) in [5.74, 6) is -0.735. The minimum atomic E-state index is -0.501. The SMILES string of the molecule is O=C(c1cc(Cc2n[nH]c(=O)c3ccccc23)ccc1F)N1CCC12CCNCC2. The lowest BCUT2D eigenvalue weighted by molar-refractivity contribution is -0.0197. The molecule has 2 aliphatic rings. The van der Waals surface area contributed by atoms with Crippen LogP contribution in [0, 0.1) is 5.82 Å². The highest BCUT2D eigenvalue weighted by atomic mass is 19.1. The molecule has 5 rings (SSSR count). The molecule has 2 saturated heterocycles. The number of fused-ring (bicyclic) bond motifs is 1.